The summed E-state index contributed by atoms with van der Waals surface area (Å²) in [7, 11) is 3.54. The lowest BCUT2D eigenvalue weighted by Crippen LogP contribution is -2.54. The molecule has 3 aliphatic heterocycles. The second kappa shape index (κ2) is 15.7. The summed E-state index contributed by atoms with van der Waals surface area (Å²) in [5.74, 6) is 0.227. The molecule has 1 spiro atoms. The zero-order chi connectivity index (χ0) is 35.5. The summed E-state index contributed by atoms with van der Waals surface area (Å²) in [6, 6.07) is 10.8. The van der Waals surface area contributed by atoms with Gasteiger partial charge in [-0.15, -0.1) is 0 Å². The molecule has 2 amide bonds. The van der Waals surface area contributed by atoms with E-state index in [9.17, 15) is 22.8 Å². The van der Waals surface area contributed by atoms with E-state index in [-0.39, 0.29) is 23.0 Å². The molecule has 2 aromatic carbocycles. The molecule has 2 aromatic rings. The van der Waals surface area contributed by atoms with Crippen molar-refractivity contribution >= 4 is 35.0 Å². The number of carbonyl (C=O) groups is 2. The van der Waals surface area contributed by atoms with Gasteiger partial charge in [-0.2, -0.15) is 13.2 Å². The summed E-state index contributed by atoms with van der Waals surface area (Å²) in [6.45, 7) is 5.60. The molecule has 3 fully saturated rings. The first kappa shape index (κ1) is 36.7. The maximum absolute atomic E-state index is 14.0. The Balaban J connectivity index is 1.08. The minimum Gasteiger partial charge on any atom is -0.438 e. The number of piperazine rings is 1. The topological polar surface area (TPSA) is 86.4 Å². The smallest absolute Gasteiger partial charge is 0.418 e. The lowest BCUT2D eigenvalue weighted by atomic mass is 9.73. The number of hydrogen-bond acceptors (Lipinski definition) is 7. The average Bonchev–Trinajstić information content (AvgIpc) is 3.10. The maximum Gasteiger partial charge on any atom is 0.418 e. The van der Waals surface area contributed by atoms with Crippen molar-refractivity contribution in [2.75, 3.05) is 70.6 Å². The van der Waals surface area contributed by atoms with E-state index in [1.165, 1.54) is 13.1 Å². The Hall–Kier alpha value is -3.06. The van der Waals surface area contributed by atoms with Crippen molar-refractivity contribution in [2.45, 2.75) is 81.7 Å². The summed E-state index contributed by atoms with van der Waals surface area (Å²) in [4.78, 5) is 33.0. The van der Waals surface area contributed by atoms with Crippen LogP contribution < -0.4 is 10.6 Å². The first-order valence-corrected chi connectivity index (χ1v) is 18.3. The Bertz CT molecular complexity index is 1500. The largest absolute Gasteiger partial charge is 0.438 e. The van der Waals surface area contributed by atoms with Crippen molar-refractivity contribution < 1.29 is 32.2 Å². The number of ether oxygens (including phenoxy) is 2. The first-order chi connectivity index (χ1) is 24.0. The quantitative estimate of drug-likeness (QED) is 0.256. The predicted molar refractivity (Wildman–Crippen MR) is 188 cm³/mol. The number of halogens is 4. The molecule has 1 aliphatic carbocycles. The van der Waals surface area contributed by atoms with E-state index < -0.39 is 29.5 Å². The highest BCUT2D eigenvalue weighted by molar-refractivity contribution is 6.33. The summed E-state index contributed by atoms with van der Waals surface area (Å²) in [5.41, 5.74) is 0.474. The summed E-state index contributed by atoms with van der Waals surface area (Å²) >= 11 is 6.32. The summed E-state index contributed by atoms with van der Waals surface area (Å²) in [6.07, 6.45) is 0.603. The van der Waals surface area contributed by atoms with Crippen LogP contribution in [0.4, 0.5) is 29.3 Å². The molecule has 50 heavy (non-hydrogen) atoms. The maximum atomic E-state index is 14.0. The molecule has 4 aliphatic rings. The highest BCUT2D eigenvalue weighted by Crippen LogP contribution is 2.48. The van der Waals surface area contributed by atoms with Gasteiger partial charge in [0, 0.05) is 70.9 Å². The Labute approximate surface area is 297 Å². The van der Waals surface area contributed by atoms with Gasteiger partial charge in [0.1, 0.15) is 11.7 Å². The number of nitrogens with one attached hydrogen (secondary N) is 2. The van der Waals surface area contributed by atoms with E-state index in [4.69, 9.17) is 21.1 Å². The third kappa shape index (κ3) is 8.35. The fourth-order valence-corrected chi connectivity index (χ4v) is 8.63. The zero-order valence-corrected chi connectivity index (χ0v) is 29.8. The van der Waals surface area contributed by atoms with Gasteiger partial charge in [0.05, 0.1) is 22.0 Å². The fraction of sp³-hybridized carbons (Fsp3) is 0.622. The number of amides is 2. The van der Waals surface area contributed by atoms with Crippen molar-refractivity contribution in [3.05, 3.63) is 58.1 Å². The van der Waals surface area contributed by atoms with Crippen molar-refractivity contribution in [3.63, 3.8) is 0 Å². The van der Waals surface area contributed by atoms with Crippen molar-refractivity contribution in [1.29, 1.82) is 0 Å². The molecular weight excluding hydrogens is 671 g/mol. The first-order valence-electron chi connectivity index (χ1n) is 18.0. The number of anilines is 2. The number of alkyl halides is 3. The zero-order valence-electron chi connectivity index (χ0n) is 29.0. The van der Waals surface area contributed by atoms with Gasteiger partial charge in [-0.25, -0.2) is 4.79 Å². The number of carbonyl (C=O) groups excluding carboxylic acids is 2. The van der Waals surface area contributed by atoms with Crippen LogP contribution in [0.2, 0.25) is 5.02 Å². The molecule has 1 atom stereocenters. The van der Waals surface area contributed by atoms with Gasteiger partial charge in [0.25, 0.3) is 5.91 Å². The monoisotopic (exact) mass is 719 g/mol. The van der Waals surface area contributed by atoms with Gasteiger partial charge in [0.15, 0.2) is 0 Å². The Morgan fingerprint density at radius 2 is 1.78 bits per heavy atom. The van der Waals surface area contributed by atoms with Gasteiger partial charge in [-0.1, -0.05) is 29.8 Å². The summed E-state index contributed by atoms with van der Waals surface area (Å²) in [5, 5.41) is 5.32. The van der Waals surface area contributed by atoms with Crippen LogP contribution in [-0.2, 0) is 32.5 Å². The molecule has 9 nitrogen and oxygen atoms in total. The number of likely N-dealkylation sites (tertiary alicyclic amines) is 1. The molecule has 0 unspecified atom stereocenters. The third-order valence-electron chi connectivity index (χ3n) is 11.2. The number of hydrogen-bond donors (Lipinski definition) is 2. The predicted octanol–water partition coefficient (Wildman–Crippen LogP) is 6.99. The number of fused-ring (bicyclic) bond motifs is 2. The van der Waals surface area contributed by atoms with Crippen molar-refractivity contribution in [1.82, 2.24) is 14.7 Å². The van der Waals surface area contributed by atoms with E-state index in [0.717, 1.165) is 88.4 Å². The number of likely N-dealkylation sites (N-methyl/N-ethyl adjacent to an activating group) is 1. The number of rotatable bonds is 10. The van der Waals surface area contributed by atoms with Crippen molar-refractivity contribution in [3.8, 4) is 0 Å². The van der Waals surface area contributed by atoms with Gasteiger partial charge in [0.2, 0.25) is 0 Å². The van der Waals surface area contributed by atoms with Crippen molar-refractivity contribution in [2.24, 2.45) is 5.92 Å². The van der Waals surface area contributed by atoms with E-state index in [0.29, 0.717) is 43.6 Å². The van der Waals surface area contributed by atoms with Crippen LogP contribution in [0, 0.1) is 5.92 Å². The van der Waals surface area contributed by atoms with Gasteiger partial charge in [-0.3, -0.25) is 15.0 Å². The van der Waals surface area contributed by atoms with Crippen LogP contribution >= 0.6 is 11.6 Å². The number of nitrogens with zero attached hydrogens (tertiary/aromatic N) is 3. The molecule has 0 aromatic heterocycles. The molecule has 3 heterocycles. The number of piperidine rings is 1. The average molecular weight is 720 g/mol. The molecule has 1 saturated carbocycles. The third-order valence-corrected chi connectivity index (χ3v) is 11.5. The Morgan fingerprint density at radius 3 is 2.46 bits per heavy atom. The minimum atomic E-state index is -4.61. The number of benzene rings is 2. The number of para-hydroxylation sites is 1. The van der Waals surface area contributed by atoms with E-state index in [1.54, 1.807) is 0 Å². The molecule has 2 saturated heterocycles. The fourth-order valence-electron chi connectivity index (χ4n) is 8.29. The van der Waals surface area contributed by atoms with Crippen LogP contribution in [0.3, 0.4) is 0 Å². The van der Waals surface area contributed by atoms with Crippen LogP contribution in [0.1, 0.15) is 68.1 Å². The van der Waals surface area contributed by atoms with Crippen LogP contribution in [0.5, 0.6) is 0 Å². The molecule has 2 N–H and O–H groups in total. The highest BCUT2D eigenvalue weighted by atomic mass is 35.5. The van der Waals surface area contributed by atoms with E-state index in [2.05, 4.69) is 27.5 Å². The molecule has 0 radical (unpaired) electrons. The molecule has 274 valence electrons. The lowest BCUT2D eigenvalue weighted by Gasteiger charge is -2.43. The lowest BCUT2D eigenvalue weighted by molar-refractivity contribution is -0.145. The molecule has 13 heteroatoms. The minimum absolute atomic E-state index is 0.00518. The van der Waals surface area contributed by atoms with E-state index >= 15 is 0 Å². The highest BCUT2D eigenvalue weighted by Gasteiger charge is 2.44. The molecule has 0 bridgehead atoms. The van der Waals surface area contributed by atoms with Gasteiger partial charge >= 0.3 is 12.3 Å². The summed E-state index contributed by atoms with van der Waals surface area (Å²) < 4.78 is 54.1. The standard InChI is InChI=1S/C37H49ClF3N5O4/c1-42-33-29(37(39,40)41)22-26(23-30(33)38)24-32(34(47)46-15-11-27(12-16-46)45-19-17-44(2)18-20-45)49-21-5-6-25-9-13-36(14-10-25)28-7-3-4-8-31(28)43-35(48)50-36/h3-4,7-8,22-23,25,27,32,42H,5-6,9-21,24H2,1-2H3,(H,43,48)/t25?,32-,36?/m1/s1. The van der Waals surface area contributed by atoms with Crippen LogP contribution in [0.15, 0.2) is 36.4 Å². The SMILES string of the molecule is CNc1c(Cl)cc(C[C@@H](OCCCC2CCC3(CC2)OC(=O)Nc2ccccc23)C(=O)N2CCC(N3CCN(C)CC3)CC2)cc1C(F)(F)F. The van der Waals surface area contributed by atoms with Crippen LogP contribution in [-0.4, -0.2) is 98.8 Å². The molecule has 6 rings (SSSR count). The second-order valence-electron chi connectivity index (χ2n) is 14.3. The Kier molecular flexibility index (Phi) is 11.5. The van der Waals surface area contributed by atoms with Gasteiger partial charge in [-0.05, 0) is 88.1 Å². The Morgan fingerprint density at radius 1 is 1.08 bits per heavy atom. The van der Waals surface area contributed by atoms with Gasteiger partial charge < -0.3 is 24.6 Å². The van der Waals surface area contributed by atoms with Crippen LogP contribution in [0.25, 0.3) is 0 Å². The second-order valence-corrected chi connectivity index (χ2v) is 14.8. The van der Waals surface area contributed by atoms with E-state index in [1.807, 2.05) is 29.2 Å². The normalized spacial score (nSPS) is 24.4. The molecular formula is C37H49ClF3N5O4.